The van der Waals surface area contributed by atoms with E-state index >= 15 is 0 Å². The molecule has 1 fully saturated rings. The van der Waals surface area contributed by atoms with E-state index in [0.717, 1.165) is 19.1 Å². The van der Waals surface area contributed by atoms with Crippen molar-refractivity contribution in [1.82, 2.24) is 15.1 Å². The lowest BCUT2D eigenvalue weighted by Crippen LogP contribution is -2.17. The lowest BCUT2D eigenvalue weighted by Gasteiger charge is -2.10. The summed E-state index contributed by atoms with van der Waals surface area (Å²) >= 11 is 2.29. The summed E-state index contributed by atoms with van der Waals surface area (Å²) in [5, 5.41) is 7.92. The summed E-state index contributed by atoms with van der Waals surface area (Å²) in [5.41, 5.74) is 2.74. The highest BCUT2D eigenvalue weighted by Gasteiger charge is 2.20. The predicted molar refractivity (Wildman–Crippen MR) is 80.3 cm³/mol. The highest BCUT2D eigenvalue weighted by atomic mass is 127. The topological polar surface area (TPSA) is 29.9 Å². The molecule has 4 heteroatoms. The minimum atomic E-state index is 0.753. The summed E-state index contributed by atoms with van der Waals surface area (Å²) in [4.78, 5) is 0. The summed E-state index contributed by atoms with van der Waals surface area (Å²) in [6, 6.07) is 9.37. The van der Waals surface area contributed by atoms with Gasteiger partial charge in [-0.15, -0.1) is 0 Å². The van der Waals surface area contributed by atoms with Gasteiger partial charge in [0.2, 0.25) is 0 Å². The molecule has 3 rings (SSSR count). The van der Waals surface area contributed by atoms with Crippen LogP contribution in [0.1, 0.15) is 24.0 Å². The molecule has 0 radical (unpaired) electrons. The molecule has 1 heterocycles. The van der Waals surface area contributed by atoms with E-state index in [4.69, 9.17) is 0 Å². The van der Waals surface area contributed by atoms with Gasteiger partial charge in [0.15, 0.2) is 0 Å². The number of halogens is 1. The van der Waals surface area contributed by atoms with Gasteiger partial charge in [-0.2, -0.15) is 5.10 Å². The van der Waals surface area contributed by atoms with E-state index in [2.05, 4.69) is 63.5 Å². The third kappa shape index (κ3) is 3.11. The Labute approximate surface area is 121 Å². The number of hydrogen-bond donors (Lipinski definition) is 1. The normalized spacial score (nSPS) is 14.9. The molecule has 3 nitrogen and oxygen atoms in total. The fourth-order valence-corrected chi connectivity index (χ4v) is 2.47. The molecule has 0 bridgehead atoms. The van der Waals surface area contributed by atoms with Crippen LogP contribution in [0.4, 0.5) is 0 Å². The zero-order valence-electron chi connectivity index (χ0n) is 10.1. The number of nitrogens with zero attached hydrogens (tertiary/aromatic N) is 2. The van der Waals surface area contributed by atoms with Crippen molar-refractivity contribution in [2.45, 2.75) is 32.0 Å². The zero-order chi connectivity index (χ0) is 12.4. The Balaban J connectivity index is 1.73. The molecule has 0 amide bonds. The lowest BCUT2D eigenvalue weighted by molar-refractivity contribution is 0.653. The Morgan fingerprint density at radius 3 is 2.72 bits per heavy atom. The molecule has 1 aliphatic carbocycles. The van der Waals surface area contributed by atoms with Crippen molar-refractivity contribution in [3.63, 3.8) is 0 Å². The molecule has 0 aliphatic heterocycles. The number of hydrogen-bond acceptors (Lipinski definition) is 2. The number of aromatic nitrogens is 2. The molecule has 1 aromatic heterocycles. The van der Waals surface area contributed by atoms with Gasteiger partial charge in [0, 0.05) is 18.8 Å². The molecule has 1 aromatic carbocycles. The highest BCUT2D eigenvalue weighted by Crippen LogP contribution is 2.20. The Kier molecular flexibility index (Phi) is 3.65. The third-order valence-corrected chi connectivity index (χ3v) is 3.77. The molecular formula is C14H16IN3. The smallest absolute Gasteiger partial charge is 0.0662 e. The molecule has 1 aliphatic rings. The number of benzene rings is 1. The largest absolute Gasteiger partial charge is 0.310 e. The van der Waals surface area contributed by atoms with E-state index in [-0.39, 0.29) is 0 Å². The van der Waals surface area contributed by atoms with Crippen molar-refractivity contribution in [2.24, 2.45) is 0 Å². The van der Waals surface area contributed by atoms with Crippen LogP contribution < -0.4 is 5.32 Å². The van der Waals surface area contributed by atoms with Crippen LogP contribution in [-0.2, 0) is 13.1 Å². The maximum Gasteiger partial charge on any atom is 0.0662 e. The van der Waals surface area contributed by atoms with Crippen molar-refractivity contribution in [3.05, 3.63) is 51.4 Å². The second-order valence-corrected chi connectivity index (χ2v) is 6.03. The Morgan fingerprint density at radius 2 is 2.06 bits per heavy atom. The van der Waals surface area contributed by atoms with Gasteiger partial charge in [-0.05, 0) is 46.6 Å². The first-order chi connectivity index (χ1) is 8.81. The standard InChI is InChI=1S/C14H16IN3/c15-13-8-17-18(10-13)9-12-4-2-1-3-11(12)7-16-14-5-6-14/h1-4,8,10,14,16H,5-7,9H2. The van der Waals surface area contributed by atoms with Gasteiger partial charge in [-0.3, -0.25) is 4.68 Å². The van der Waals surface area contributed by atoms with Crippen molar-refractivity contribution < 1.29 is 0 Å². The molecule has 1 saturated carbocycles. The summed E-state index contributed by atoms with van der Waals surface area (Å²) in [7, 11) is 0. The van der Waals surface area contributed by atoms with Crippen LogP contribution in [0.15, 0.2) is 36.7 Å². The molecule has 1 N–H and O–H groups in total. The van der Waals surface area contributed by atoms with Crippen LogP contribution in [0, 0.1) is 3.57 Å². The molecular weight excluding hydrogens is 337 g/mol. The molecule has 0 saturated heterocycles. The van der Waals surface area contributed by atoms with Crippen LogP contribution in [0.25, 0.3) is 0 Å². The maximum atomic E-state index is 4.35. The fourth-order valence-electron chi connectivity index (χ4n) is 2.03. The van der Waals surface area contributed by atoms with Crippen LogP contribution in [0.3, 0.4) is 0 Å². The van der Waals surface area contributed by atoms with E-state index < -0.39 is 0 Å². The van der Waals surface area contributed by atoms with E-state index in [1.54, 1.807) is 0 Å². The van der Waals surface area contributed by atoms with E-state index in [0.29, 0.717) is 0 Å². The molecule has 0 atom stereocenters. The van der Waals surface area contributed by atoms with Gasteiger partial charge in [-0.25, -0.2) is 0 Å². The van der Waals surface area contributed by atoms with Gasteiger partial charge in [0.25, 0.3) is 0 Å². The summed E-state index contributed by atoms with van der Waals surface area (Å²) in [5.74, 6) is 0. The first kappa shape index (κ1) is 12.2. The molecule has 0 unspecified atom stereocenters. The quantitative estimate of drug-likeness (QED) is 0.838. The second-order valence-electron chi connectivity index (χ2n) is 4.78. The highest BCUT2D eigenvalue weighted by molar-refractivity contribution is 14.1. The zero-order valence-corrected chi connectivity index (χ0v) is 12.3. The Morgan fingerprint density at radius 1 is 1.28 bits per heavy atom. The van der Waals surface area contributed by atoms with Crippen LogP contribution >= 0.6 is 22.6 Å². The van der Waals surface area contributed by atoms with Gasteiger partial charge in [-0.1, -0.05) is 24.3 Å². The van der Waals surface area contributed by atoms with Crippen LogP contribution in [-0.4, -0.2) is 15.8 Å². The lowest BCUT2D eigenvalue weighted by atomic mass is 10.1. The molecule has 2 aromatic rings. The van der Waals surface area contributed by atoms with Crippen molar-refractivity contribution in [3.8, 4) is 0 Å². The molecule has 18 heavy (non-hydrogen) atoms. The van der Waals surface area contributed by atoms with E-state index in [1.807, 2.05) is 10.9 Å². The summed E-state index contributed by atoms with van der Waals surface area (Å²) < 4.78 is 3.18. The molecule has 0 spiro atoms. The van der Waals surface area contributed by atoms with Gasteiger partial charge >= 0.3 is 0 Å². The Hall–Kier alpha value is -0.880. The first-order valence-corrected chi connectivity index (χ1v) is 7.37. The van der Waals surface area contributed by atoms with E-state index in [1.165, 1.54) is 27.5 Å². The number of rotatable bonds is 5. The number of nitrogens with one attached hydrogen (secondary N) is 1. The summed E-state index contributed by atoms with van der Waals surface area (Å²) in [6.45, 7) is 1.82. The average Bonchev–Trinajstić information content (AvgIpc) is 3.12. The molecule has 94 valence electrons. The average molecular weight is 353 g/mol. The van der Waals surface area contributed by atoms with E-state index in [9.17, 15) is 0 Å². The first-order valence-electron chi connectivity index (χ1n) is 6.29. The second kappa shape index (κ2) is 5.40. The Bertz CT molecular complexity index is 531. The fraction of sp³-hybridized carbons (Fsp3) is 0.357. The van der Waals surface area contributed by atoms with Gasteiger partial charge < -0.3 is 5.32 Å². The predicted octanol–water partition coefficient (Wildman–Crippen LogP) is 2.79. The van der Waals surface area contributed by atoms with Crippen LogP contribution in [0.2, 0.25) is 0 Å². The maximum absolute atomic E-state index is 4.35. The van der Waals surface area contributed by atoms with Gasteiger partial charge in [0.1, 0.15) is 0 Å². The SMILES string of the molecule is Ic1cnn(Cc2ccccc2CNC2CC2)c1. The van der Waals surface area contributed by atoms with Crippen molar-refractivity contribution in [2.75, 3.05) is 0 Å². The third-order valence-electron chi connectivity index (χ3n) is 3.21. The van der Waals surface area contributed by atoms with Gasteiger partial charge in [0.05, 0.1) is 16.3 Å². The minimum Gasteiger partial charge on any atom is -0.310 e. The summed E-state index contributed by atoms with van der Waals surface area (Å²) in [6.07, 6.45) is 6.64. The van der Waals surface area contributed by atoms with Crippen LogP contribution in [0.5, 0.6) is 0 Å². The van der Waals surface area contributed by atoms with Crippen molar-refractivity contribution >= 4 is 22.6 Å². The minimum absolute atomic E-state index is 0.753. The monoisotopic (exact) mass is 353 g/mol. The van der Waals surface area contributed by atoms with Crippen molar-refractivity contribution in [1.29, 1.82) is 0 Å².